The zero-order valence-corrected chi connectivity index (χ0v) is 9.23. The number of halogens is 1. The Hall–Kier alpha value is -0.560. The highest BCUT2D eigenvalue weighted by Gasteiger charge is 2.05. The molecule has 0 radical (unpaired) electrons. The van der Waals surface area contributed by atoms with E-state index in [9.17, 15) is 0 Å². The molecule has 0 aliphatic carbocycles. The van der Waals surface area contributed by atoms with Gasteiger partial charge in [-0.25, -0.2) is 0 Å². The Kier molecular flexibility index (Phi) is 3.73. The monoisotopic (exact) mass is 197 g/mol. The van der Waals surface area contributed by atoms with Crippen LogP contribution in [0.2, 0.25) is 0 Å². The van der Waals surface area contributed by atoms with Crippen LogP contribution in [0, 0.1) is 12.8 Å². The minimum atomic E-state index is 0.518. The number of hydrogen-bond acceptors (Lipinski definition) is 1. The fourth-order valence-electron chi connectivity index (χ4n) is 1.38. The maximum Gasteiger partial charge on any atom is 0.0650 e. The predicted molar refractivity (Wildman–Crippen MR) is 57.1 cm³/mol. The molecule has 1 aromatic heterocycles. The molecule has 0 amide bonds. The lowest BCUT2D eigenvalue weighted by molar-refractivity contribution is 0.641. The van der Waals surface area contributed by atoms with Crippen LogP contribution >= 0.6 is 11.6 Å². The summed E-state index contributed by atoms with van der Waals surface area (Å²) in [6.45, 7) is 6.41. The topological polar surface area (TPSA) is 12.9 Å². The van der Waals surface area contributed by atoms with Gasteiger partial charge in [0.25, 0.3) is 0 Å². The molecule has 1 nitrogen and oxygen atoms in total. The average molecular weight is 198 g/mol. The van der Waals surface area contributed by atoms with Crippen LogP contribution in [0.5, 0.6) is 0 Å². The van der Waals surface area contributed by atoms with Crippen molar-refractivity contribution in [3.63, 3.8) is 0 Å². The molecule has 0 bridgehead atoms. The number of aromatic nitrogens is 1. The molecule has 0 unspecified atom stereocenters. The lowest BCUT2D eigenvalue weighted by Gasteiger charge is -2.09. The van der Waals surface area contributed by atoms with Crippen LogP contribution in [-0.2, 0) is 12.3 Å². The molecule has 0 aliphatic heterocycles. The lowest BCUT2D eigenvalue weighted by Crippen LogP contribution is -2.01. The Morgan fingerprint density at radius 3 is 2.62 bits per heavy atom. The molecule has 0 spiro atoms. The van der Waals surface area contributed by atoms with Crippen molar-refractivity contribution in [2.45, 2.75) is 33.1 Å². The van der Waals surface area contributed by atoms with Gasteiger partial charge in [0.1, 0.15) is 0 Å². The van der Waals surface area contributed by atoms with E-state index in [-0.39, 0.29) is 0 Å². The first-order valence-corrected chi connectivity index (χ1v) is 5.18. The second kappa shape index (κ2) is 4.61. The molecule has 0 aliphatic rings. The molecule has 0 aromatic carbocycles. The van der Waals surface area contributed by atoms with E-state index in [0.29, 0.717) is 11.8 Å². The maximum atomic E-state index is 5.82. The number of nitrogens with zero attached hydrogens (tertiary/aromatic N) is 1. The summed E-state index contributed by atoms with van der Waals surface area (Å²) in [6, 6.07) is 4.19. The maximum absolute atomic E-state index is 5.82. The number of pyridine rings is 1. The smallest absolute Gasteiger partial charge is 0.0650 e. The average Bonchev–Trinajstić information content (AvgIpc) is 2.07. The van der Waals surface area contributed by atoms with Gasteiger partial charge in [-0.15, -0.1) is 11.6 Å². The van der Waals surface area contributed by atoms with E-state index in [2.05, 4.69) is 24.9 Å². The van der Waals surface area contributed by atoms with Crippen LogP contribution in [0.4, 0.5) is 0 Å². The molecule has 0 N–H and O–H groups in total. The third-order valence-corrected chi connectivity index (χ3v) is 2.22. The first-order valence-electron chi connectivity index (χ1n) is 4.65. The van der Waals surface area contributed by atoms with Crippen molar-refractivity contribution in [1.82, 2.24) is 4.98 Å². The first kappa shape index (κ1) is 10.5. The van der Waals surface area contributed by atoms with Gasteiger partial charge in [0.2, 0.25) is 0 Å². The van der Waals surface area contributed by atoms with Gasteiger partial charge in [-0.2, -0.15) is 0 Å². The summed E-state index contributed by atoms with van der Waals surface area (Å²) in [6.07, 6.45) is 1.06. The van der Waals surface area contributed by atoms with Gasteiger partial charge in [0.15, 0.2) is 0 Å². The van der Waals surface area contributed by atoms with E-state index >= 15 is 0 Å². The Balaban J connectivity index is 2.92. The molecule has 0 saturated heterocycles. The van der Waals surface area contributed by atoms with Crippen LogP contribution in [-0.4, -0.2) is 4.98 Å². The molecule has 72 valence electrons. The molecule has 1 aromatic rings. The third kappa shape index (κ3) is 3.00. The number of alkyl halides is 1. The summed E-state index contributed by atoms with van der Waals surface area (Å²) in [7, 11) is 0. The second-order valence-corrected chi connectivity index (χ2v) is 4.06. The summed E-state index contributed by atoms with van der Waals surface area (Å²) in [5, 5.41) is 0. The summed E-state index contributed by atoms with van der Waals surface area (Å²) >= 11 is 5.82. The van der Waals surface area contributed by atoms with Gasteiger partial charge >= 0.3 is 0 Å². The zero-order valence-electron chi connectivity index (χ0n) is 8.47. The van der Waals surface area contributed by atoms with E-state index in [1.807, 2.05) is 13.0 Å². The number of hydrogen-bond donors (Lipinski definition) is 0. The summed E-state index contributed by atoms with van der Waals surface area (Å²) < 4.78 is 0. The fourth-order valence-corrected chi connectivity index (χ4v) is 1.61. The molecule has 0 saturated carbocycles. The first-order chi connectivity index (χ1) is 6.13. The Morgan fingerprint density at radius 1 is 1.38 bits per heavy atom. The third-order valence-electron chi connectivity index (χ3n) is 1.96. The van der Waals surface area contributed by atoms with Crippen molar-refractivity contribution in [1.29, 1.82) is 0 Å². The van der Waals surface area contributed by atoms with Gasteiger partial charge in [-0.3, -0.25) is 4.98 Å². The van der Waals surface area contributed by atoms with E-state index < -0.39 is 0 Å². The largest absolute Gasteiger partial charge is 0.257 e. The van der Waals surface area contributed by atoms with Crippen LogP contribution in [0.3, 0.4) is 0 Å². The van der Waals surface area contributed by atoms with E-state index in [0.717, 1.165) is 17.8 Å². The molecule has 2 heteroatoms. The molecule has 0 atom stereocenters. The van der Waals surface area contributed by atoms with E-state index in [1.54, 1.807) is 0 Å². The molecular formula is C11H16ClN. The van der Waals surface area contributed by atoms with Gasteiger partial charge in [0, 0.05) is 5.69 Å². The molecular weight excluding hydrogens is 182 g/mol. The minimum Gasteiger partial charge on any atom is -0.257 e. The quantitative estimate of drug-likeness (QED) is 0.678. The molecule has 1 heterocycles. The fraction of sp³-hybridized carbons (Fsp3) is 0.545. The highest BCUT2D eigenvalue weighted by molar-refractivity contribution is 6.17. The Bertz CT molecular complexity index is 281. The van der Waals surface area contributed by atoms with Crippen LogP contribution in [0.15, 0.2) is 12.1 Å². The van der Waals surface area contributed by atoms with Crippen LogP contribution in [0.1, 0.15) is 30.8 Å². The number of aryl methyl sites for hydroxylation is 1. The van der Waals surface area contributed by atoms with Gasteiger partial charge in [-0.05, 0) is 30.9 Å². The predicted octanol–water partition coefficient (Wildman–Crippen LogP) is 3.33. The standard InChI is InChI=1S/C11H16ClN/c1-8(2)6-10-5-4-9(3)13-11(10)7-12/h4-5,8H,6-7H2,1-3H3. The molecule has 0 fully saturated rings. The SMILES string of the molecule is Cc1ccc(CC(C)C)c(CCl)n1. The Morgan fingerprint density at radius 2 is 2.08 bits per heavy atom. The minimum absolute atomic E-state index is 0.518. The second-order valence-electron chi connectivity index (χ2n) is 3.79. The van der Waals surface area contributed by atoms with Crippen molar-refractivity contribution < 1.29 is 0 Å². The van der Waals surface area contributed by atoms with E-state index in [1.165, 1.54) is 5.56 Å². The lowest BCUT2D eigenvalue weighted by atomic mass is 10.0. The van der Waals surface area contributed by atoms with Crippen LogP contribution in [0.25, 0.3) is 0 Å². The normalized spacial score (nSPS) is 10.8. The number of rotatable bonds is 3. The molecule has 1 rings (SSSR count). The van der Waals surface area contributed by atoms with Crippen molar-refractivity contribution in [2.75, 3.05) is 0 Å². The zero-order chi connectivity index (χ0) is 9.84. The summed E-state index contributed by atoms with van der Waals surface area (Å²) in [5.41, 5.74) is 3.37. The van der Waals surface area contributed by atoms with Crippen LogP contribution < -0.4 is 0 Å². The summed E-state index contributed by atoms with van der Waals surface area (Å²) in [5.74, 6) is 1.18. The van der Waals surface area contributed by atoms with Gasteiger partial charge < -0.3 is 0 Å². The van der Waals surface area contributed by atoms with Gasteiger partial charge in [0.05, 0.1) is 11.6 Å². The summed E-state index contributed by atoms with van der Waals surface area (Å²) in [4.78, 5) is 4.41. The van der Waals surface area contributed by atoms with Gasteiger partial charge in [-0.1, -0.05) is 19.9 Å². The Labute approximate surface area is 85.1 Å². The van der Waals surface area contributed by atoms with Crippen molar-refractivity contribution >= 4 is 11.6 Å². The van der Waals surface area contributed by atoms with Crippen molar-refractivity contribution in [3.8, 4) is 0 Å². The highest BCUT2D eigenvalue weighted by Crippen LogP contribution is 2.14. The van der Waals surface area contributed by atoms with E-state index in [4.69, 9.17) is 11.6 Å². The van der Waals surface area contributed by atoms with Crippen molar-refractivity contribution in [3.05, 3.63) is 29.1 Å². The van der Waals surface area contributed by atoms with Crippen molar-refractivity contribution in [2.24, 2.45) is 5.92 Å². The highest BCUT2D eigenvalue weighted by atomic mass is 35.5. The molecule has 13 heavy (non-hydrogen) atoms.